The van der Waals surface area contributed by atoms with E-state index in [9.17, 15) is 5.11 Å². The second-order valence-electron chi connectivity index (χ2n) is 6.23. The molecule has 136 valence electrons. The van der Waals surface area contributed by atoms with Crippen LogP contribution >= 0.6 is 0 Å². The molecule has 6 heteroatoms. The van der Waals surface area contributed by atoms with Gasteiger partial charge in [-0.3, -0.25) is 0 Å². The van der Waals surface area contributed by atoms with Crippen molar-refractivity contribution in [2.24, 2.45) is 0 Å². The molecule has 6 nitrogen and oxygen atoms in total. The Morgan fingerprint density at radius 1 is 0.962 bits per heavy atom. The van der Waals surface area contributed by atoms with Crippen molar-refractivity contribution in [3.05, 3.63) is 42.1 Å². The van der Waals surface area contributed by atoms with E-state index < -0.39 is 0 Å². The fourth-order valence-corrected chi connectivity index (χ4v) is 2.83. The number of H-pyrrole nitrogens is 1. The molecular weight excluding hydrogens is 330 g/mol. The van der Waals surface area contributed by atoms with Gasteiger partial charge in [0.05, 0.1) is 19.9 Å². The Kier molecular flexibility index (Phi) is 4.75. The van der Waals surface area contributed by atoms with E-state index in [1.807, 2.05) is 21.0 Å². The van der Waals surface area contributed by atoms with Crippen LogP contribution in [-0.4, -0.2) is 43.4 Å². The van der Waals surface area contributed by atoms with Crippen LogP contribution in [0.5, 0.6) is 17.2 Å². The van der Waals surface area contributed by atoms with Gasteiger partial charge in [-0.25, -0.2) is 4.98 Å². The van der Waals surface area contributed by atoms with Crippen LogP contribution in [0, 0.1) is 6.92 Å². The number of hydrogen-bond donors (Lipinski definition) is 2. The first-order valence-electron chi connectivity index (χ1n) is 8.24. The van der Waals surface area contributed by atoms with Crippen molar-refractivity contribution in [1.82, 2.24) is 9.97 Å². The van der Waals surface area contributed by atoms with Gasteiger partial charge in [-0.15, -0.1) is 0 Å². The summed E-state index contributed by atoms with van der Waals surface area (Å²) < 4.78 is 10.5. The summed E-state index contributed by atoms with van der Waals surface area (Å²) in [6.45, 7) is 1.99. The third kappa shape index (κ3) is 3.18. The van der Waals surface area contributed by atoms with Gasteiger partial charge in [-0.2, -0.15) is 0 Å². The number of aromatic hydroxyl groups is 1. The zero-order chi connectivity index (χ0) is 18.8. The maximum Gasteiger partial charge on any atom is 0.200 e. The second kappa shape index (κ2) is 7.00. The first-order chi connectivity index (χ1) is 12.4. The number of methoxy groups -OCH3 is 2. The van der Waals surface area contributed by atoms with E-state index in [1.165, 1.54) is 14.2 Å². The smallest absolute Gasteiger partial charge is 0.200 e. The lowest BCUT2D eigenvalue weighted by Crippen LogP contribution is -2.07. The van der Waals surface area contributed by atoms with E-state index in [-0.39, 0.29) is 5.75 Å². The molecule has 2 N–H and O–H groups in total. The third-order valence-corrected chi connectivity index (χ3v) is 4.30. The lowest BCUT2D eigenvalue weighted by atomic mass is 10.1. The number of anilines is 1. The first kappa shape index (κ1) is 17.7. The van der Waals surface area contributed by atoms with Crippen LogP contribution in [0.3, 0.4) is 0 Å². The maximum absolute atomic E-state index is 10.1. The molecule has 26 heavy (non-hydrogen) atoms. The average Bonchev–Trinajstić information content (AvgIpc) is 3.03. The molecule has 0 spiro atoms. The normalized spacial score (nSPS) is 10.7. The Bertz CT molecular complexity index is 890. The predicted molar refractivity (Wildman–Crippen MR) is 103 cm³/mol. The Morgan fingerprint density at radius 3 is 2.04 bits per heavy atom. The number of ether oxygens (including phenoxy) is 2. The number of aromatic nitrogens is 2. The highest BCUT2D eigenvalue weighted by atomic mass is 16.5. The van der Waals surface area contributed by atoms with Gasteiger partial charge < -0.3 is 24.5 Å². The van der Waals surface area contributed by atoms with Gasteiger partial charge in [-0.05, 0) is 31.2 Å². The maximum atomic E-state index is 10.1. The minimum Gasteiger partial charge on any atom is -0.502 e. The van der Waals surface area contributed by atoms with Crippen molar-refractivity contribution in [2.45, 2.75) is 6.92 Å². The molecule has 3 rings (SSSR count). The molecule has 0 amide bonds. The largest absolute Gasteiger partial charge is 0.502 e. The van der Waals surface area contributed by atoms with Crippen molar-refractivity contribution >= 4 is 5.69 Å². The molecule has 0 saturated carbocycles. The quantitative estimate of drug-likeness (QED) is 0.729. The second-order valence-corrected chi connectivity index (χ2v) is 6.23. The number of aromatic amines is 1. The van der Waals surface area contributed by atoms with E-state index in [2.05, 4.69) is 34.1 Å². The summed E-state index contributed by atoms with van der Waals surface area (Å²) in [7, 11) is 7.03. The van der Waals surface area contributed by atoms with E-state index >= 15 is 0 Å². The number of imidazole rings is 1. The van der Waals surface area contributed by atoms with E-state index in [1.54, 1.807) is 12.1 Å². The highest BCUT2D eigenvalue weighted by Crippen LogP contribution is 2.40. The standard InChI is InChI=1S/C20H23N3O3/c1-12-18(13-6-8-15(9-7-13)23(2)3)22-20(21-12)14-10-16(25-4)19(24)17(11-14)26-5/h6-11,24H,1-5H3,(H,21,22). The van der Waals surface area contributed by atoms with E-state index in [4.69, 9.17) is 14.5 Å². The summed E-state index contributed by atoms with van der Waals surface area (Å²) in [4.78, 5) is 10.1. The SMILES string of the molecule is COc1cc(-c2nc(-c3ccc(N(C)C)cc3)c(C)[nH]2)cc(OC)c1O. The summed E-state index contributed by atoms with van der Waals surface area (Å²) in [5, 5.41) is 10.1. The molecule has 1 aromatic heterocycles. The van der Waals surface area contributed by atoms with Crippen molar-refractivity contribution in [2.75, 3.05) is 33.2 Å². The van der Waals surface area contributed by atoms with Crippen LogP contribution in [0.25, 0.3) is 22.6 Å². The Balaban J connectivity index is 2.03. The average molecular weight is 353 g/mol. The molecule has 0 aliphatic rings. The van der Waals surface area contributed by atoms with Crippen LogP contribution in [0.2, 0.25) is 0 Å². The van der Waals surface area contributed by atoms with Crippen LogP contribution in [0.1, 0.15) is 5.69 Å². The summed E-state index contributed by atoms with van der Waals surface area (Å²) in [6, 6.07) is 11.7. The Hall–Kier alpha value is -3.15. The monoisotopic (exact) mass is 353 g/mol. The van der Waals surface area contributed by atoms with Crippen LogP contribution in [0.15, 0.2) is 36.4 Å². The van der Waals surface area contributed by atoms with Crippen LogP contribution in [0.4, 0.5) is 5.69 Å². The van der Waals surface area contributed by atoms with Crippen LogP contribution in [-0.2, 0) is 0 Å². The molecule has 0 radical (unpaired) electrons. The highest BCUT2D eigenvalue weighted by molar-refractivity contribution is 5.71. The molecule has 0 bridgehead atoms. The molecule has 0 aliphatic carbocycles. The zero-order valence-electron chi connectivity index (χ0n) is 15.6. The minimum absolute atomic E-state index is 0.0264. The van der Waals surface area contributed by atoms with Crippen molar-refractivity contribution in [1.29, 1.82) is 0 Å². The number of benzene rings is 2. The zero-order valence-corrected chi connectivity index (χ0v) is 15.6. The van der Waals surface area contributed by atoms with Gasteiger partial charge in [0.2, 0.25) is 5.75 Å². The van der Waals surface area contributed by atoms with Gasteiger partial charge in [0.25, 0.3) is 0 Å². The molecule has 0 fully saturated rings. The number of nitrogens with zero attached hydrogens (tertiary/aromatic N) is 2. The van der Waals surface area contributed by atoms with Gasteiger partial charge in [0.1, 0.15) is 5.82 Å². The van der Waals surface area contributed by atoms with Gasteiger partial charge in [-0.1, -0.05) is 12.1 Å². The van der Waals surface area contributed by atoms with Gasteiger partial charge >= 0.3 is 0 Å². The molecule has 0 aliphatic heterocycles. The number of aryl methyl sites for hydroxylation is 1. The number of phenolic OH excluding ortho intramolecular Hbond substituents is 1. The molecule has 0 atom stereocenters. The minimum atomic E-state index is -0.0264. The molecule has 0 saturated heterocycles. The first-order valence-corrected chi connectivity index (χ1v) is 8.24. The molecule has 1 heterocycles. The molecule has 0 unspecified atom stereocenters. The summed E-state index contributed by atoms with van der Waals surface area (Å²) >= 11 is 0. The van der Waals surface area contributed by atoms with E-state index in [0.717, 1.165) is 28.2 Å². The summed E-state index contributed by atoms with van der Waals surface area (Å²) in [5.74, 6) is 1.34. The lowest BCUT2D eigenvalue weighted by Gasteiger charge is -2.12. The van der Waals surface area contributed by atoms with Crippen molar-refractivity contribution in [3.8, 4) is 39.9 Å². The summed E-state index contributed by atoms with van der Waals surface area (Å²) in [6.07, 6.45) is 0. The lowest BCUT2D eigenvalue weighted by molar-refractivity contribution is 0.340. The predicted octanol–water partition coefficient (Wildman–Crippen LogP) is 3.84. The number of hydrogen-bond acceptors (Lipinski definition) is 5. The third-order valence-electron chi connectivity index (χ3n) is 4.30. The number of phenols is 1. The number of nitrogens with one attached hydrogen (secondary N) is 1. The Labute approximate surface area is 153 Å². The number of rotatable bonds is 5. The summed E-state index contributed by atoms with van der Waals surface area (Å²) in [5.41, 5.74) is 4.79. The highest BCUT2D eigenvalue weighted by Gasteiger charge is 2.16. The van der Waals surface area contributed by atoms with E-state index in [0.29, 0.717) is 17.3 Å². The van der Waals surface area contributed by atoms with Gasteiger partial charge in [0.15, 0.2) is 11.5 Å². The fraction of sp³-hybridized carbons (Fsp3) is 0.250. The molecule has 3 aromatic rings. The molecule has 2 aromatic carbocycles. The topological polar surface area (TPSA) is 70.6 Å². The molecular formula is C20H23N3O3. The Morgan fingerprint density at radius 2 is 1.54 bits per heavy atom. The van der Waals surface area contributed by atoms with Crippen molar-refractivity contribution < 1.29 is 14.6 Å². The van der Waals surface area contributed by atoms with Gasteiger partial charge in [0, 0.05) is 36.6 Å². The fourth-order valence-electron chi connectivity index (χ4n) is 2.83. The van der Waals surface area contributed by atoms with Crippen molar-refractivity contribution in [3.63, 3.8) is 0 Å². The van der Waals surface area contributed by atoms with Crippen LogP contribution < -0.4 is 14.4 Å².